The van der Waals surface area contributed by atoms with Gasteiger partial charge >= 0.3 is 0 Å². The molecule has 0 bridgehead atoms. The number of piperidine rings is 1. The molecule has 6 nitrogen and oxygen atoms in total. The van der Waals surface area contributed by atoms with Crippen LogP contribution in [0.25, 0.3) is 0 Å². The van der Waals surface area contributed by atoms with Gasteiger partial charge in [0.05, 0.1) is 12.1 Å². The van der Waals surface area contributed by atoms with Crippen molar-refractivity contribution >= 4 is 5.91 Å². The van der Waals surface area contributed by atoms with Crippen LogP contribution < -0.4 is 10.6 Å². The zero-order valence-electron chi connectivity index (χ0n) is 16.8. The average molecular weight is 395 g/mol. The maximum Gasteiger partial charge on any atom is 0.224 e. The van der Waals surface area contributed by atoms with E-state index >= 15 is 0 Å². The van der Waals surface area contributed by atoms with Crippen LogP contribution in [-0.4, -0.2) is 52.1 Å². The predicted molar refractivity (Wildman–Crippen MR) is 112 cm³/mol. The molecule has 1 aliphatic heterocycles. The van der Waals surface area contributed by atoms with Crippen LogP contribution in [0.5, 0.6) is 5.75 Å². The number of amides is 1. The average Bonchev–Trinajstić information content (AvgIpc) is 2.73. The van der Waals surface area contributed by atoms with E-state index in [0.29, 0.717) is 18.5 Å². The molecule has 0 radical (unpaired) electrons. The Kier molecular flexibility index (Phi) is 6.42. The zero-order valence-corrected chi connectivity index (χ0v) is 16.8. The van der Waals surface area contributed by atoms with Crippen LogP contribution in [0.3, 0.4) is 0 Å². The van der Waals surface area contributed by atoms with Crippen molar-refractivity contribution in [2.45, 2.75) is 56.8 Å². The first kappa shape index (κ1) is 19.9. The van der Waals surface area contributed by atoms with E-state index in [9.17, 15) is 9.90 Å². The van der Waals surface area contributed by atoms with Crippen LogP contribution in [0.15, 0.2) is 48.7 Å². The van der Waals surface area contributed by atoms with Gasteiger partial charge in [-0.2, -0.15) is 0 Å². The molecule has 1 aromatic carbocycles. The second-order valence-corrected chi connectivity index (χ2v) is 8.24. The van der Waals surface area contributed by atoms with Gasteiger partial charge in [0.15, 0.2) is 0 Å². The van der Waals surface area contributed by atoms with Crippen molar-refractivity contribution in [1.82, 2.24) is 20.5 Å². The highest BCUT2D eigenvalue weighted by Gasteiger charge is 2.34. The van der Waals surface area contributed by atoms with Crippen LogP contribution in [0.2, 0.25) is 0 Å². The number of hydrogen-bond acceptors (Lipinski definition) is 5. The number of phenols is 1. The van der Waals surface area contributed by atoms with Gasteiger partial charge in [0.25, 0.3) is 0 Å². The molecule has 29 heavy (non-hydrogen) atoms. The predicted octanol–water partition coefficient (Wildman–Crippen LogP) is 2.23. The molecule has 0 spiro atoms. The summed E-state index contributed by atoms with van der Waals surface area (Å²) in [5.74, 6) is 0.279. The van der Waals surface area contributed by atoms with Crippen LogP contribution in [0.4, 0.5) is 0 Å². The summed E-state index contributed by atoms with van der Waals surface area (Å²) in [5.41, 5.74) is 2.05. The van der Waals surface area contributed by atoms with Crippen LogP contribution in [0, 0.1) is 0 Å². The summed E-state index contributed by atoms with van der Waals surface area (Å²) in [4.78, 5) is 19.2. The lowest BCUT2D eigenvalue weighted by molar-refractivity contribution is -0.122. The summed E-state index contributed by atoms with van der Waals surface area (Å²) in [6.45, 7) is 3.09. The molecule has 1 saturated carbocycles. The van der Waals surface area contributed by atoms with Crippen molar-refractivity contribution in [3.63, 3.8) is 0 Å². The Balaban J connectivity index is 1.18. The van der Waals surface area contributed by atoms with Crippen molar-refractivity contribution in [2.75, 3.05) is 13.1 Å². The lowest BCUT2D eigenvalue weighted by Crippen LogP contribution is -2.60. The van der Waals surface area contributed by atoms with E-state index in [1.807, 2.05) is 18.3 Å². The summed E-state index contributed by atoms with van der Waals surface area (Å²) in [6, 6.07) is 14.1. The van der Waals surface area contributed by atoms with Crippen molar-refractivity contribution in [3.8, 4) is 5.75 Å². The molecule has 2 aromatic rings. The van der Waals surface area contributed by atoms with Gasteiger partial charge in [-0.1, -0.05) is 18.2 Å². The first-order chi connectivity index (χ1) is 14.2. The summed E-state index contributed by atoms with van der Waals surface area (Å²) in [6.07, 6.45) is 6.65. The molecule has 154 valence electrons. The van der Waals surface area contributed by atoms with Gasteiger partial charge in [-0.15, -0.1) is 0 Å². The number of pyridine rings is 1. The van der Waals surface area contributed by atoms with Crippen LogP contribution >= 0.6 is 0 Å². The number of hydrogen-bond donors (Lipinski definition) is 3. The Morgan fingerprint density at radius 1 is 1.03 bits per heavy atom. The molecule has 2 atom stereocenters. The normalized spacial score (nSPS) is 22.8. The Morgan fingerprint density at radius 2 is 1.79 bits per heavy atom. The van der Waals surface area contributed by atoms with Crippen LogP contribution in [-0.2, 0) is 17.8 Å². The number of carbonyl (C=O) groups excluding carboxylic acids is 1. The van der Waals surface area contributed by atoms with E-state index in [1.54, 1.807) is 24.3 Å². The Bertz CT molecular complexity index is 788. The fourth-order valence-corrected chi connectivity index (χ4v) is 4.21. The van der Waals surface area contributed by atoms with Gasteiger partial charge in [0.1, 0.15) is 5.75 Å². The SMILES string of the molecule is O=C(Cc1ccc(O)cc1)NC1CCC1NC1CCN(Cc2ccccn2)CC1. The highest BCUT2D eigenvalue weighted by Crippen LogP contribution is 2.23. The van der Waals surface area contributed by atoms with E-state index in [0.717, 1.165) is 56.6 Å². The summed E-state index contributed by atoms with van der Waals surface area (Å²) in [5, 5.41) is 16.3. The number of benzene rings is 1. The number of nitrogens with zero attached hydrogens (tertiary/aromatic N) is 2. The molecule has 1 aliphatic carbocycles. The molecule has 6 heteroatoms. The molecular formula is C23H30N4O2. The Hall–Kier alpha value is -2.44. The highest BCUT2D eigenvalue weighted by atomic mass is 16.3. The third-order valence-corrected chi connectivity index (χ3v) is 6.07. The van der Waals surface area contributed by atoms with E-state index in [2.05, 4.69) is 26.6 Å². The number of aromatic nitrogens is 1. The Labute approximate surface area is 172 Å². The molecule has 3 N–H and O–H groups in total. The second kappa shape index (κ2) is 9.37. The smallest absolute Gasteiger partial charge is 0.224 e. The van der Waals surface area contributed by atoms with Gasteiger partial charge in [-0.25, -0.2) is 0 Å². The number of likely N-dealkylation sites (tertiary alicyclic amines) is 1. The topological polar surface area (TPSA) is 77.5 Å². The molecule has 1 aromatic heterocycles. The van der Waals surface area contributed by atoms with E-state index < -0.39 is 0 Å². The maximum absolute atomic E-state index is 12.3. The fourth-order valence-electron chi connectivity index (χ4n) is 4.21. The Morgan fingerprint density at radius 3 is 2.45 bits per heavy atom. The number of aromatic hydroxyl groups is 1. The number of carbonyl (C=O) groups is 1. The minimum absolute atomic E-state index is 0.0531. The first-order valence-electron chi connectivity index (χ1n) is 10.6. The van der Waals surface area contributed by atoms with E-state index in [4.69, 9.17) is 0 Å². The lowest BCUT2D eigenvalue weighted by atomic mass is 9.84. The number of phenolic OH excluding ortho intramolecular Hbond substituents is 1. The molecule has 2 unspecified atom stereocenters. The zero-order chi connectivity index (χ0) is 20.1. The summed E-state index contributed by atoms with van der Waals surface area (Å²) in [7, 11) is 0. The molecule has 1 amide bonds. The van der Waals surface area contributed by atoms with Crippen molar-refractivity contribution in [2.24, 2.45) is 0 Å². The van der Waals surface area contributed by atoms with Gasteiger partial charge in [0.2, 0.25) is 5.91 Å². The molecular weight excluding hydrogens is 364 g/mol. The summed E-state index contributed by atoms with van der Waals surface area (Å²) < 4.78 is 0. The van der Waals surface area contributed by atoms with E-state index in [-0.39, 0.29) is 17.7 Å². The third-order valence-electron chi connectivity index (χ3n) is 6.07. The third kappa shape index (κ3) is 5.55. The molecule has 4 rings (SSSR count). The van der Waals surface area contributed by atoms with Gasteiger partial charge < -0.3 is 15.7 Å². The largest absolute Gasteiger partial charge is 0.508 e. The first-order valence-corrected chi connectivity index (χ1v) is 10.6. The van der Waals surface area contributed by atoms with Crippen LogP contribution in [0.1, 0.15) is 36.9 Å². The fraction of sp³-hybridized carbons (Fsp3) is 0.478. The van der Waals surface area contributed by atoms with Crippen molar-refractivity contribution in [3.05, 3.63) is 59.9 Å². The molecule has 2 aliphatic rings. The quantitative estimate of drug-likeness (QED) is 0.671. The summed E-state index contributed by atoms with van der Waals surface area (Å²) >= 11 is 0. The van der Waals surface area contributed by atoms with Crippen molar-refractivity contribution in [1.29, 1.82) is 0 Å². The number of rotatable bonds is 7. The second-order valence-electron chi connectivity index (χ2n) is 8.24. The molecule has 2 heterocycles. The minimum Gasteiger partial charge on any atom is -0.508 e. The molecule has 2 fully saturated rings. The van der Waals surface area contributed by atoms with Gasteiger partial charge in [0, 0.05) is 44.0 Å². The van der Waals surface area contributed by atoms with Gasteiger partial charge in [-0.05, 0) is 55.5 Å². The monoisotopic (exact) mass is 394 g/mol. The van der Waals surface area contributed by atoms with Crippen molar-refractivity contribution < 1.29 is 9.90 Å². The maximum atomic E-state index is 12.3. The van der Waals surface area contributed by atoms with Gasteiger partial charge in [-0.3, -0.25) is 14.7 Å². The van der Waals surface area contributed by atoms with E-state index in [1.165, 1.54) is 0 Å². The highest BCUT2D eigenvalue weighted by molar-refractivity contribution is 5.79. The molecule has 1 saturated heterocycles. The number of nitrogens with one attached hydrogen (secondary N) is 2. The minimum atomic E-state index is 0.0531. The standard InChI is InChI=1S/C23H30N4O2/c28-20-6-4-17(5-7-20)15-23(29)26-22-9-8-21(22)25-18-10-13-27(14-11-18)16-19-3-1-2-12-24-19/h1-7,12,18,21-22,25,28H,8-11,13-16H2,(H,26,29). The lowest BCUT2D eigenvalue weighted by Gasteiger charge is -2.42.